The van der Waals surface area contributed by atoms with Crippen molar-refractivity contribution in [3.05, 3.63) is 75.5 Å². The number of nitrogens with two attached hydrogens (primary N) is 1. The fourth-order valence-corrected chi connectivity index (χ4v) is 5.62. The first-order valence-corrected chi connectivity index (χ1v) is 11.1. The predicted molar refractivity (Wildman–Crippen MR) is 119 cm³/mol. The van der Waals surface area contributed by atoms with Crippen molar-refractivity contribution in [1.29, 1.82) is 0 Å². The Kier molecular flexibility index (Phi) is 5.87. The maximum atomic E-state index is 14.6. The minimum absolute atomic E-state index is 0.364. The van der Waals surface area contributed by atoms with Gasteiger partial charge in [0.25, 0.3) is 0 Å². The van der Waals surface area contributed by atoms with E-state index in [1.54, 1.807) is 6.07 Å². The Bertz CT molecular complexity index is 1040. The van der Waals surface area contributed by atoms with Gasteiger partial charge >= 0.3 is 0 Å². The first-order valence-electron chi connectivity index (χ1n) is 9.12. The van der Waals surface area contributed by atoms with Gasteiger partial charge in [0.1, 0.15) is 20.7 Å². The highest BCUT2D eigenvalue weighted by Crippen LogP contribution is 2.52. The minimum Gasteiger partial charge on any atom is -0.330 e. The van der Waals surface area contributed by atoms with E-state index in [0.29, 0.717) is 33.7 Å². The van der Waals surface area contributed by atoms with Crippen LogP contribution in [0.2, 0.25) is 5.02 Å². The Hall–Kier alpha value is -2.00. The molecule has 0 spiro atoms. The summed E-state index contributed by atoms with van der Waals surface area (Å²) in [7, 11) is 0. The van der Waals surface area contributed by atoms with E-state index in [4.69, 9.17) is 22.4 Å². The van der Waals surface area contributed by atoms with Gasteiger partial charge in [0.2, 0.25) is 5.13 Å². The highest BCUT2D eigenvalue weighted by Gasteiger charge is 2.47. The lowest BCUT2D eigenvalue weighted by Crippen LogP contribution is -2.38. The average molecular weight is 448 g/mol. The SMILES string of the molecule is Cc1nnc(N2N=C(c3cc(Cl)ccc3F)SC2(CCCN)c2ccccc2)s1. The number of benzene rings is 2. The summed E-state index contributed by atoms with van der Waals surface area (Å²) >= 11 is 9.09. The van der Waals surface area contributed by atoms with Crippen LogP contribution in [-0.2, 0) is 4.87 Å². The zero-order valence-corrected chi connectivity index (χ0v) is 18.1. The zero-order chi connectivity index (χ0) is 20.4. The molecule has 2 aromatic carbocycles. The van der Waals surface area contributed by atoms with Crippen LogP contribution in [0.5, 0.6) is 0 Å². The highest BCUT2D eigenvalue weighted by molar-refractivity contribution is 8.15. The lowest BCUT2D eigenvalue weighted by molar-refractivity contribution is 0.525. The molecule has 0 amide bonds. The van der Waals surface area contributed by atoms with Gasteiger partial charge in [-0.3, -0.25) is 0 Å². The number of hydrogen-bond donors (Lipinski definition) is 1. The molecule has 1 aliphatic heterocycles. The minimum atomic E-state index is -0.601. The van der Waals surface area contributed by atoms with Gasteiger partial charge < -0.3 is 5.73 Å². The number of rotatable bonds is 6. The monoisotopic (exact) mass is 447 g/mol. The second kappa shape index (κ2) is 8.39. The molecule has 2 heterocycles. The highest BCUT2D eigenvalue weighted by atomic mass is 35.5. The van der Waals surface area contributed by atoms with E-state index >= 15 is 0 Å². The molecule has 0 saturated carbocycles. The van der Waals surface area contributed by atoms with Gasteiger partial charge in [0, 0.05) is 10.6 Å². The summed E-state index contributed by atoms with van der Waals surface area (Å²) in [4.78, 5) is -0.601. The molecule has 1 atom stereocenters. The third-order valence-electron chi connectivity index (χ3n) is 4.60. The van der Waals surface area contributed by atoms with Gasteiger partial charge in [-0.15, -0.1) is 10.2 Å². The lowest BCUT2D eigenvalue weighted by atomic mass is 10.0. The molecule has 0 fully saturated rings. The number of aromatic nitrogens is 2. The van der Waals surface area contributed by atoms with E-state index in [1.807, 2.05) is 30.1 Å². The zero-order valence-electron chi connectivity index (χ0n) is 15.7. The first-order chi connectivity index (χ1) is 14.0. The summed E-state index contributed by atoms with van der Waals surface area (Å²) in [6.07, 6.45) is 1.49. The molecule has 29 heavy (non-hydrogen) atoms. The van der Waals surface area contributed by atoms with Gasteiger partial charge in [-0.05, 0) is 50.1 Å². The van der Waals surface area contributed by atoms with Gasteiger partial charge in [-0.2, -0.15) is 5.10 Å². The molecule has 3 aromatic rings. The molecule has 1 aliphatic rings. The van der Waals surface area contributed by atoms with Crippen LogP contribution in [0.3, 0.4) is 0 Å². The standard InChI is InChI=1S/C20H19ClFN5S2/c1-13-24-25-19(28-13)27-20(10-5-11-23,14-6-3-2-4-7-14)29-18(26-27)16-12-15(21)8-9-17(16)22/h2-4,6-9,12H,5,10-11,23H2,1H3. The summed E-state index contributed by atoms with van der Waals surface area (Å²) in [6, 6.07) is 14.6. The Balaban J connectivity index is 1.88. The fraction of sp³-hybridized carbons (Fsp3) is 0.250. The Morgan fingerprint density at radius 1 is 1.17 bits per heavy atom. The Labute approximate surface area is 181 Å². The number of anilines is 1. The molecular weight excluding hydrogens is 429 g/mol. The quantitative estimate of drug-likeness (QED) is 0.566. The fourth-order valence-electron chi connectivity index (χ4n) is 3.26. The van der Waals surface area contributed by atoms with Crippen LogP contribution in [-0.4, -0.2) is 21.8 Å². The van der Waals surface area contributed by atoms with Gasteiger partial charge in [0.05, 0.1) is 0 Å². The van der Waals surface area contributed by atoms with Gasteiger partial charge in [0.15, 0.2) is 0 Å². The largest absolute Gasteiger partial charge is 0.330 e. The molecule has 0 saturated heterocycles. The van der Waals surface area contributed by atoms with Crippen LogP contribution < -0.4 is 10.7 Å². The van der Waals surface area contributed by atoms with E-state index < -0.39 is 4.87 Å². The molecule has 1 unspecified atom stereocenters. The summed E-state index contributed by atoms with van der Waals surface area (Å²) in [5.41, 5.74) is 7.28. The number of halogens is 2. The maximum absolute atomic E-state index is 14.6. The topological polar surface area (TPSA) is 67.4 Å². The average Bonchev–Trinajstić information content (AvgIpc) is 3.33. The van der Waals surface area contributed by atoms with Crippen LogP contribution in [0.1, 0.15) is 29.0 Å². The Morgan fingerprint density at radius 3 is 2.66 bits per heavy atom. The third-order valence-corrected chi connectivity index (χ3v) is 7.09. The smallest absolute Gasteiger partial charge is 0.230 e. The lowest BCUT2D eigenvalue weighted by Gasteiger charge is -2.35. The van der Waals surface area contributed by atoms with E-state index in [1.165, 1.54) is 35.2 Å². The summed E-state index contributed by atoms with van der Waals surface area (Å²) in [6.45, 7) is 2.44. The summed E-state index contributed by atoms with van der Waals surface area (Å²) < 4.78 is 14.6. The maximum Gasteiger partial charge on any atom is 0.230 e. The molecule has 9 heteroatoms. The predicted octanol–water partition coefficient (Wildman–Crippen LogP) is 5.15. The molecule has 150 valence electrons. The van der Waals surface area contributed by atoms with Crippen molar-refractivity contribution in [2.45, 2.75) is 24.6 Å². The van der Waals surface area contributed by atoms with E-state index in [9.17, 15) is 4.39 Å². The Morgan fingerprint density at radius 2 is 1.97 bits per heavy atom. The molecule has 0 bridgehead atoms. The molecule has 1 aromatic heterocycles. The van der Waals surface area contributed by atoms with Gasteiger partial charge in [-0.1, -0.05) is 65.0 Å². The van der Waals surface area contributed by atoms with Crippen molar-refractivity contribution in [2.75, 3.05) is 11.6 Å². The van der Waals surface area contributed by atoms with Crippen LogP contribution in [0.25, 0.3) is 0 Å². The molecule has 0 aliphatic carbocycles. The molecule has 4 rings (SSSR count). The van der Waals surface area contributed by atoms with Crippen molar-refractivity contribution in [3.63, 3.8) is 0 Å². The summed E-state index contributed by atoms with van der Waals surface area (Å²) in [5.74, 6) is -0.364. The van der Waals surface area contributed by atoms with Crippen molar-refractivity contribution in [1.82, 2.24) is 10.2 Å². The van der Waals surface area contributed by atoms with Crippen molar-refractivity contribution in [2.24, 2.45) is 10.8 Å². The van der Waals surface area contributed by atoms with Crippen LogP contribution in [0, 0.1) is 12.7 Å². The van der Waals surface area contributed by atoms with Crippen LogP contribution in [0.4, 0.5) is 9.52 Å². The van der Waals surface area contributed by atoms with E-state index in [2.05, 4.69) is 22.3 Å². The first kappa shape index (κ1) is 20.3. The van der Waals surface area contributed by atoms with Crippen molar-refractivity contribution >= 4 is 44.9 Å². The molecule has 0 radical (unpaired) electrons. The van der Waals surface area contributed by atoms with Crippen molar-refractivity contribution < 1.29 is 4.39 Å². The number of aryl methyl sites for hydroxylation is 1. The van der Waals surface area contributed by atoms with E-state index in [0.717, 1.165) is 17.0 Å². The number of hydrogen-bond acceptors (Lipinski definition) is 7. The molecular formula is C20H19ClFN5S2. The molecule has 5 nitrogen and oxygen atoms in total. The van der Waals surface area contributed by atoms with Crippen LogP contribution >= 0.6 is 34.7 Å². The number of thioether (sulfide) groups is 1. The van der Waals surface area contributed by atoms with Gasteiger partial charge in [-0.25, -0.2) is 9.40 Å². The van der Waals surface area contributed by atoms with E-state index in [-0.39, 0.29) is 5.82 Å². The van der Waals surface area contributed by atoms with Crippen LogP contribution in [0.15, 0.2) is 53.6 Å². The van der Waals surface area contributed by atoms with Crippen molar-refractivity contribution in [3.8, 4) is 0 Å². The normalized spacial score (nSPS) is 18.9. The molecule has 2 N–H and O–H groups in total. The number of hydrazone groups is 1. The second-order valence-electron chi connectivity index (χ2n) is 6.59. The summed E-state index contributed by atoms with van der Waals surface area (Å²) in [5, 5.41) is 17.7. The third kappa shape index (κ3) is 3.90. The second-order valence-corrected chi connectivity index (χ2v) is 9.45. The number of nitrogens with zero attached hydrogens (tertiary/aromatic N) is 4.